The van der Waals surface area contributed by atoms with Gasteiger partial charge >= 0.3 is 5.97 Å². The molecule has 2 rings (SSSR count). The van der Waals surface area contributed by atoms with E-state index in [1.165, 1.54) is 0 Å². The standard InChI is InChI=1S/C19H23NO6/c20-19(14-21,11-4-12-24-15-5-2-1-3-6-15)26-17-9-7-16(8-10-17)25-13-18(22)23/h1-3,5-10,21H,4,11-14,20H2,(H,22,23). The van der Waals surface area contributed by atoms with E-state index in [2.05, 4.69) is 0 Å². The molecule has 0 aliphatic rings. The Bertz CT molecular complexity index is 676. The van der Waals surface area contributed by atoms with Crippen LogP contribution in [0.1, 0.15) is 12.8 Å². The molecule has 0 spiro atoms. The number of benzene rings is 2. The molecule has 0 saturated carbocycles. The number of hydrogen-bond donors (Lipinski definition) is 3. The number of carboxylic acids is 1. The van der Waals surface area contributed by atoms with Crippen molar-refractivity contribution in [1.29, 1.82) is 0 Å². The third kappa shape index (κ3) is 6.62. The summed E-state index contributed by atoms with van der Waals surface area (Å²) in [4.78, 5) is 10.5. The van der Waals surface area contributed by atoms with Gasteiger partial charge in [-0.1, -0.05) is 18.2 Å². The van der Waals surface area contributed by atoms with Crippen LogP contribution in [-0.4, -0.2) is 41.7 Å². The molecule has 26 heavy (non-hydrogen) atoms. The summed E-state index contributed by atoms with van der Waals surface area (Å²) in [5, 5.41) is 18.2. The van der Waals surface area contributed by atoms with Crippen LogP contribution in [0.5, 0.6) is 17.2 Å². The lowest BCUT2D eigenvalue weighted by Crippen LogP contribution is -2.49. The zero-order valence-corrected chi connectivity index (χ0v) is 14.3. The van der Waals surface area contributed by atoms with Crippen molar-refractivity contribution in [2.24, 2.45) is 5.73 Å². The minimum atomic E-state index is -1.23. The molecule has 0 heterocycles. The second kappa shape index (κ2) is 9.65. The molecule has 0 bridgehead atoms. The summed E-state index contributed by atoms with van der Waals surface area (Å²) in [5.41, 5.74) is 4.88. The van der Waals surface area contributed by atoms with Gasteiger partial charge in [-0.25, -0.2) is 4.79 Å². The third-order valence-electron chi connectivity index (χ3n) is 3.53. The highest BCUT2D eigenvalue weighted by Gasteiger charge is 2.26. The third-order valence-corrected chi connectivity index (χ3v) is 3.53. The van der Waals surface area contributed by atoms with Crippen LogP contribution in [0.15, 0.2) is 54.6 Å². The quantitative estimate of drug-likeness (QED) is 0.415. The molecule has 7 heteroatoms. The number of aliphatic hydroxyl groups is 1. The number of para-hydroxylation sites is 1. The molecule has 0 aromatic heterocycles. The van der Waals surface area contributed by atoms with Gasteiger partial charge in [0.05, 0.1) is 13.2 Å². The van der Waals surface area contributed by atoms with Gasteiger partial charge in [-0.05, 0) is 42.8 Å². The monoisotopic (exact) mass is 361 g/mol. The highest BCUT2D eigenvalue weighted by atomic mass is 16.5. The SMILES string of the molecule is NC(CO)(CCCOc1ccccc1)Oc1ccc(OCC(=O)O)cc1. The molecule has 2 aromatic carbocycles. The van der Waals surface area contributed by atoms with Gasteiger partial charge in [-0.3, -0.25) is 5.73 Å². The Labute approximate surface area is 151 Å². The minimum Gasteiger partial charge on any atom is -0.494 e. The number of aliphatic carboxylic acids is 1. The summed E-state index contributed by atoms with van der Waals surface area (Å²) in [7, 11) is 0. The first-order valence-electron chi connectivity index (χ1n) is 8.22. The number of carboxylic acid groups (broad SMARTS) is 1. The van der Waals surface area contributed by atoms with Gasteiger partial charge in [0, 0.05) is 6.42 Å². The van der Waals surface area contributed by atoms with Crippen LogP contribution in [0.3, 0.4) is 0 Å². The summed E-state index contributed by atoms with van der Waals surface area (Å²) < 4.78 is 16.3. The van der Waals surface area contributed by atoms with Crippen molar-refractivity contribution in [2.45, 2.75) is 18.6 Å². The molecule has 0 saturated heterocycles. The maximum absolute atomic E-state index is 10.5. The molecule has 7 nitrogen and oxygen atoms in total. The Morgan fingerprint density at radius 1 is 0.962 bits per heavy atom. The van der Waals surface area contributed by atoms with E-state index in [0.717, 1.165) is 5.75 Å². The minimum absolute atomic E-state index is 0.352. The van der Waals surface area contributed by atoms with Gasteiger partial charge in [0.2, 0.25) is 0 Å². The average molecular weight is 361 g/mol. The van der Waals surface area contributed by atoms with E-state index < -0.39 is 18.3 Å². The van der Waals surface area contributed by atoms with Crippen LogP contribution in [-0.2, 0) is 4.79 Å². The summed E-state index contributed by atoms with van der Waals surface area (Å²) >= 11 is 0. The molecule has 0 amide bonds. The number of nitrogens with two attached hydrogens (primary N) is 1. The maximum Gasteiger partial charge on any atom is 0.341 e. The Morgan fingerprint density at radius 2 is 1.58 bits per heavy atom. The second-order valence-corrected chi connectivity index (χ2v) is 5.74. The number of aliphatic hydroxyl groups excluding tert-OH is 1. The highest BCUT2D eigenvalue weighted by molar-refractivity contribution is 5.68. The van der Waals surface area contributed by atoms with Crippen molar-refractivity contribution in [3.63, 3.8) is 0 Å². The van der Waals surface area contributed by atoms with Crippen LogP contribution in [0, 0.1) is 0 Å². The molecule has 0 fully saturated rings. The highest BCUT2D eigenvalue weighted by Crippen LogP contribution is 2.22. The molecule has 4 N–H and O–H groups in total. The fourth-order valence-corrected chi connectivity index (χ4v) is 2.22. The lowest BCUT2D eigenvalue weighted by atomic mass is 10.1. The molecule has 1 atom stereocenters. The Morgan fingerprint density at radius 3 is 2.19 bits per heavy atom. The molecular formula is C19H23NO6. The van der Waals surface area contributed by atoms with Crippen LogP contribution >= 0.6 is 0 Å². The van der Waals surface area contributed by atoms with E-state index >= 15 is 0 Å². The predicted octanol–water partition coefficient (Wildman–Crippen LogP) is 2.04. The van der Waals surface area contributed by atoms with Crippen molar-refractivity contribution in [2.75, 3.05) is 19.8 Å². The molecule has 0 aliphatic carbocycles. The zero-order chi connectivity index (χ0) is 18.8. The van der Waals surface area contributed by atoms with Gasteiger partial charge in [0.15, 0.2) is 12.3 Å². The summed E-state index contributed by atoms with van der Waals surface area (Å²) in [5.74, 6) is 0.581. The lowest BCUT2D eigenvalue weighted by molar-refractivity contribution is -0.139. The fourth-order valence-electron chi connectivity index (χ4n) is 2.22. The van der Waals surface area contributed by atoms with Crippen LogP contribution in [0.2, 0.25) is 0 Å². The van der Waals surface area contributed by atoms with Crippen LogP contribution < -0.4 is 19.9 Å². The van der Waals surface area contributed by atoms with E-state index in [0.29, 0.717) is 30.9 Å². The Kier molecular flexibility index (Phi) is 7.25. The summed E-state index contributed by atoms with van der Waals surface area (Å²) in [6.07, 6.45) is 0.999. The number of rotatable bonds is 11. The first-order chi connectivity index (χ1) is 12.5. The predicted molar refractivity (Wildman–Crippen MR) is 95.4 cm³/mol. The number of carbonyl (C=O) groups is 1. The lowest BCUT2D eigenvalue weighted by Gasteiger charge is -2.28. The first-order valence-corrected chi connectivity index (χ1v) is 8.22. The molecule has 0 aliphatic heterocycles. The average Bonchev–Trinajstić information content (AvgIpc) is 2.65. The maximum atomic E-state index is 10.5. The molecular weight excluding hydrogens is 338 g/mol. The second-order valence-electron chi connectivity index (χ2n) is 5.74. The van der Waals surface area contributed by atoms with Gasteiger partial charge < -0.3 is 24.4 Å². The molecule has 140 valence electrons. The largest absolute Gasteiger partial charge is 0.494 e. The van der Waals surface area contributed by atoms with E-state index in [-0.39, 0.29) is 6.61 Å². The number of hydrogen-bond acceptors (Lipinski definition) is 6. The van der Waals surface area contributed by atoms with Crippen molar-refractivity contribution in [3.8, 4) is 17.2 Å². The molecule has 0 radical (unpaired) electrons. The van der Waals surface area contributed by atoms with Crippen molar-refractivity contribution >= 4 is 5.97 Å². The number of ether oxygens (including phenoxy) is 3. The topological polar surface area (TPSA) is 111 Å². The molecule has 2 aromatic rings. The van der Waals surface area contributed by atoms with Gasteiger partial charge in [-0.15, -0.1) is 0 Å². The summed E-state index contributed by atoms with van der Waals surface area (Å²) in [6, 6.07) is 15.8. The van der Waals surface area contributed by atoms with Gasteiger partial charge in [-0.2, -0.15) is 0 Å². The van der Waals surface area contributed by atoms with E-state index in [4.69, 9.17) is 25.1 Å². The molecule has 1 unspecified atom stereocenters. The van der Waals surface area contributed by atoms with E-state index in [1.54, 1.807) is 24.3 Å². The summed E-state index contributed by atoms with van der Waals surface area (Å²) in [6.45, 7) is -0.316. The van der Waals surface area contributed by atoms with Crippen molar-refractivity contribution in [1.82, 2.24) is 0 Å². The first kappa shape index (κ1) is 19.6. The Balaban J connectivity index is 1.81. The van der Waals surface area contributed by atoms with Crippen molar-refractivity contribution in [3.05, 3.63) is 54.6 Å². The smallest absolute Gasteiger partial charge is 0.341 e. The normalized spacial score (nSPS) is 12.8. The van der Waals surface area contributed by atoms with Crippen LogP contribution in [0.25, 0.3) is 0 Å². The van der Waals surface area contributed by atoms with Gasteiger partial charge in [0.25, 0.3) is 0 Å². The Hall–Kier alpha value is -2.77. The van der Waals surface area contributed by atoms with Crippen LogP contribution in [0.4, 0.5) is 0 Å². The van der Waals surface area contributed by atoms with Crippen molar-refractivity contribution < 1.29 is 29.2 Å². The van der Waals surface area contributed by atoms with Gasteiger partial charge in [0.1, 0.15) is 17.2 Å². The zero-order valence-electron chi connectivity index (χ0n) is 14.3. The van der Waals surface area contributed by atoms with E-state index in [9.17, 15) is 9.90 Å². The fraction of sp³-hybridized carbons (Fsp3) is 0.316. The van der Waals surface area contributed by atoms with E-state index in [1.807, 2.05) is 30.3 Å².